The number of hydrogen-bond donors (Lipinski definition) is 2. The molecule has 3 N–H and O–H groups in total. The van der Waals surface area contributed by atoms with Crippen LogP contribution in [0.4, 0.5) is 0 Å². The minimum Gasteiger partial charge on any atom is -0.463 e. The summed E-state index contributed by atoms with van der Waals surface area (Å²) >= 11 is 0. The summed E-state index contributed by atoms with van der Waals surface area (Å²) in [4.78, 5) is 12.0. The van der Waals surface area contributed by atoms with Gasteiger partial charge in [0.25, 0.3) is 5.91 Å². The van der Waals surface area contributed by atoms with Crippen LogP contribution in [-0.4, -0.2) is 18.5 Å². The zero-order valence-electron chi connectivity index (χ0n) is 10.5. The highest BCUT2D eigenvalue weighted by Gasteiger charge is 2.12. The van der Waals surface area contributed by atoms with Gasteiger partial charge >= 0.3 is 0 Å². The number of amides is 1. The molecule has 1 heterocycles. The molecule has 1 amide bonds. The Labute approximate surface area is 106 Å². The first-order valence-corrected chi connectivity index (χ1v) is 6.22. The number of para-hydroxylation sites is 1. The Morgan fingerprint density at radius 3 is 3.00 bits per heavy atom. The summed E-state index contributed by atoms with van der Waals surface area (Å²) in [5.74, 6) is -0.108. The van der Waals surface area contributed by atoms with Gasteiger partial charge < -0.3 is 15.5 Å². The third-order valence-electron chi connectivity index (χ3n) is 3.05. The van der Waals surface area contributed by atoms with Gasteiger partial charge in [-0.25, -0.2) is 0 Å². The van der Waals surface area contributed by atoms with Crippen molar-refractivity contribution in [3.05, 3.63) is 36.1 Å². The molecule has 1 aromatic carbocycles. The molecule has 1 atom stereocenters. The van der Waals surface area contributed by atoms with Gasteiger partial charge in [-0.3, -0.25) is 4.79 Å². The van der Waals surface area contributed by atoms with E-state index in [1.807, 2.05) is 31.2 Å². The molecule has 4 nitrogen and oxygen atoms in total. The fraction of sp³-hybridized carbons (Fsp3) is 0.357. The lowest BCUT2D eigenvalue weighted by atomic mass is 10.1. The zero-order chi connectivity index (χ0) is 13.0. The second kappa shape index (κ2) is 5.69. The van der Waals surface area contributed by atoms with Gasteiger partial charge in [-0.15, -0.1) is 0 Å². The number of carbonyl (C=O) groups excluding carboxylic acids is 1. The number of benzene rings is 1. The maximum atomic E-state index is 12.0. The standard InChI is InChI=1S/C14H18N2O2/c1-2-10(15)7-8-16-14(17)12-9-18-13-6-4-3-5-11(12)13/h3-6,9-10H,2,7-8,15H2,1H3,(H,16,17). The first kappa shape index (κ1) is 12.6. The Kier molecular flexibility index (Phi) is 3.99. The molecule has 0 radical (unpaired) electrons. The SMILES string of the molecule is CCC(N)CCNC(=O)c1coc2ccccc12. The number of rotatable bonds is 5. The number of carbonyl (C=O) groups is 1. The summed E-state index contributed by atoms with van der Waals surface area (Å²) in [6, 6.07) is 7.64. The predicted molar refractivity (Wildman–Crippen MR) is 71.4 cm³/mol. The molecule has 0 saturated carbocycles. The summed E-state index contributed by atoms with van der Waals surface area (Å²) in [6.45, 7) is 2.63. The second-order valence-electron chi connectivity index (χ2n) is 4.36. The number of furan rings is 1. The van der Waals surface area contributed by atoms with Crippen LogP contribution in [0.15, 0.2) is 34.9 Å². The van der Waals surface area contributed by atoms with E-state index in [9.17, 15) is 4.79 Å². The molecule has 0 bridgehead atoms. The molecule has 2 aromatic rings. The maximum Gasteiger partial charge on any atom is 0.255 e. The van der Waals surface area contributed by atoms with Gasteiger partial charge in [0.2, 0.25) is 0 Å². The maximum absolute atomic E-state index is 12.0. The van der Waals surface area contributed by atoms with Crippen LogP contribution < -0.4 is 11.1 Å². The van der Waals surface area contributed by atoms with Crippen molar-refractivity contribution in [1.82, 2.24) is 5.32 Å². The van der Waals surface area contributed by atoms with Crippen molar-refractivity contribution in [2.45, 2.75) is 25.8 Å². The van der Waals surface area contributed by atoms with Crippen molar-refractivity contribution in [3.63, 3.8) is 0 Å². The van der Waals surface area contributed by atoms with Gasteiger partial charge in [0, 0.05) is 18.0 Å². The van der Waals surface area contributed by atoms with Gasteiger partial charge in [-0.1, -0.05) is 25.1 Å². The van der Waals surface area contributed by atoms with Crippen molar-refractivity contribution >= 4 is 16.9 Å². The molecule has 1 unspecified atom stereocenters. The van der Waals surface area contributed by atoms with Crippen molar-refractivity contribution < 1.29 is 9.21 Å². The average Bonchev–Trinajstić information content (AvgIpc) is 2.82. The summed E-state index contributed by atoms with van der Waals surface area (Å²) in [5.41, 5.74) is 7.11. The van der Waals surface area contributed by atoms with Crippen LogP contribution >= 0.6 is 0 Å². The number of fused-ring (bicyclic) bond motifs is 1. The second-order valence-corrected chi connectivity index (χ2v) is 4.36. The quantitative estimate of drug-likeness (QED) is 0.850. The molecule has 96 valence electrons. The van der Waals surface area contributed by atoms with Crippen LogP contribution in [0.1, 0.15) is 30.1 Å². The van der Waals surface area contributed by atoms with Crippen LogP contribution in [0.2, 0.25) is 0 Å². The molecule has 0 spiro atoms. The van der Waals surface area contributed by atoms with E-state index in [4.69, 9.17) is 10.2 Å². The van der Waals surface area contributed by atoms with E-state index in [0.29, 0.717) is 12.1 Å². The highest BCUT2D eigenvalue weighted by Crippen LogP contribution is 2.20. The van der Waals surface area contributed by atoms with Gasteiger partial charge in [0.05, 0.1) is 5.56 Å². The summed E-state index contributed by atoms with van der Waals surface area (Å²) in [6.07, 6.45) is 3.21. The van der Waals surface area contributed by atoms with Crippen molar-refractivity contribution in [2.75, 3.05) is 6.54 Å². The number of nitrogens with one attached hydrogen (secondary N) is 1. The Hall–Kier alpha value is -1.81. The van der Waals surface area contributed by atoms with E-state index in [1.165, 1.54) is 6.26 Å². The molecule has 0 aliphatic carbocycles. The van der Waals surface area contributed by atoms with Crippen LogP contribution in [0.25, 0.3) is 11.0 Å². The van der Waals surface area contributed by atoms with Gasteiger partial charge in [-0.2, -0.15) is 0 Å². The Balaban J connectivity index is 2.01. The fourth-order valence-corrected chi connectivity index (χ4v) is 1.82. The lowest BCUT2D eigenvalue weighted by Gasteiger charge is -2.08. The molecular weight excluding hydrogens is 228 g/mol. The van der Waals surface area contributed by atoms with Gasteiger partial charge in [-0.05, 0) is 18.9 Å². The van der Waals surface area contributed by atoms with Crippen LogP contribution in [0, 0.1) is 0 Å². The van der Waals surface area contributed by atoms with Crippen LogP contribution in [0.5, 0.6) is 0 Å². The van der Waals surface area contributed by atoms with E-state index in [2.05, 4.69) is 5.32 Å². The summed E-state index contributed by atoms with van der Waals surface area (Å²) < 4.78 is 5.33. The Bertz CT molecular complexity index is 533. The van der Waals surface area contributed by atoms with E-state index >= 15 is 0 Å². The van der Waals surface area contributed by atoms with E-state index in [1.54, 1.807) is 0 Å². The van der Waals surface area contributed by atoms with Gasteiger partial charge in [0.1, 0.15) is 11.8 Å². The number of hydrogen-bond acceptors (Lipinski definition) is 3. The minimum atomic E-state index is -0.108. The third-order valence-corrected chi connectivity index (χ3v) is 3.05. The molecule has 0 saturated heterocycles. The molecule has 18 heavy (non-hydrogen) atoms. The average molecular weight is 246 g/mol. The normalized spacial score (nSPS) is 12.6. The molecule has 0 aliphatic heterocycles. The van der Waals surface area contributed by atoms with E-state index in [0.717, 1.165) is 23.8 Å². The first-order valence-electron chi connectivity index (χ1n) is 6.22. The monoisotopic (exact) mass is 246 g/mol. The van der Waals surface area contributed by atoms with Crippen molar-refractivity contribution in [1.29, 1.82) is 0 Å². The molecule has 0 fully saturated rings. The number of nitrogens with two attached hydrogens (primary N) is 1. The summed E-state index contributed by atoms with van der Waals surface area (Å²) in [7, 11) is 0. The molecule has 1 aromatic heterocycles. The van der Waals surface area contributed by atoms with Crippen molar-refractivity contribution in [3.8, 4) is 0 Å². The van der Waals surface area contributed by atoms with Crippen LogP contribution in [0.3, 0.4) is 0 Å². The summed E-state index contributed by atoms with van der Waals surface area (Å²) in [5, 5.41) is 3.71. The largest absolute Gasteiger partial charge is 0.463 e. The highest BCUT2D eigenvalue weighted by atomic mass is 16.3. The van der Waals surface area contributed by atoms with Crippen LogP contribution in [-0.2, 0) is 0 Å². The van der Waals surface area contributed by atoms with E-state index in [-0.39, 0.29) is 11.9 Å². The third kappa shape index (κ3) is 2.71. The smallest absolute Gasteiger partial charge is 0.255 e. The topological polar surface area (TPSA) is 68.3 Å². The van der Waals surface area contributed by atoms with Crippen molar-refractivity contribution in [2.24, 2.45) is 5.73 Å². The lowest BCUT2D eigenvalue weighted by molar-refractivity contribution is 0.0953. The molecule has 4 heteroatoms. The first-order chi connectivity index (χ1) is 8.72. The Morgan fingerprint density at radius 2 is 2.22 bits per heavy atom. The molecular formula is C14H18N2O2. The molecule has 0 aliphatic rings. The zero-order valence-corrected chi connectivity index (χ0v) is 10.5. The van der Waals surface area contributed by atoms with Gasteiger partial charge in [0.15, 0.2) is 0 Å². The predicted octanol–water partition coefficient (Wildman–Crippen LogP) is 2.29. The minimum absolute atomic E-state index is 0.108. The Morgan fingerprint density at radius 1 is 1.44 bits per heavy atom. The highest BCUT2D eigenvalue weighted by molar-refractivity contribution is 6.05. The van der Waals surface area contributed by atoms with E-state index < -0.39 is 0 Å². The molecule has 2 rings (SSSR count). The fourth-order valence-electron chi connectivity index (χ4n) is 1.82. The lowest BCUT2D eigenvalue weighted by Crippen LogP contribution is -2.29.